The smallest absolute Gasteiger partial charge is 0.373 e. The van der Waals surface area contributed by atoms with E-state index in [-0.39, 0.29) is 18.5 Å². The van der Waals surface area contributed by atoms with Crippen molar-refractivity contribution in [2.45, 2.75) is 57.4 Å². The molecule has 1 aromatic carbocycles. The molecule has 9 nitrogen and oxygen atoms in total. The summed E-state index contributed by atoms with van der Waals surface area (Å²) in [5, 5.41) is 16.7. The first kappa shape index (κ1) is 34.2. The van der Waals surface area contributed by atoms with Crippen LogP contribution in [0.15, 0.2) is 42.6 Å². The van der Waals surface area contributed by atoms with E-state index in [2.05, 4.69) is 50.4 Å². The number of benzene rings is 1. The first-order chi connectivity index (χ1) is 22.4. The van der Waals surface area contributed by atoms with Crippen LogP contribution in [-0.2, 0) is 23.3 Å². The van der Waals surface area contributed by atoms with Crippen LogP contribution in [0.25, 0.3) is 10.9 Å². The molecule has 2 aliphatic heterocycles. The van der Waals surface area contributed by atoms with Gasteiger partial charge in [0.2, 0.25) is 5.91 Å². The lowest BCUT2D eigenvalue weighted by Crippen LogP contribution is -2.51. The number of alkyl halides is 3. The number of piperazine rings is 1. The van der Waals surface area contributed by atoms with Gasteiger partial charge < -0.3 is 25.0 Å². The number of piperidine rings is 1. The predicted molar refractivity (Wildman–Crippen MR) is 177 cm³/mol. The van der Waals surface area contributed by atoms with Crippen molar-refractivity contribution in [1.82, 2.24) is 29.6 Å². The number of aromatic nitrogens is 2. The summed E-state index contributed by atoms with van der Waals surface area (Å²) in [5.74, 6) is 6.05. The van der Waals surface area contributed by atoms with Crippen LogP contribution >= 0.6 is 0 Å². The highest BCUT2D eigenvalue weighted by atomic mass is 19.4. The van der Waals surface area contributed by atoms with E-state index in [1.807, 2.05) is 17.0 Å². The number of hydrogen-bond donors (Lipinski definition) is 2. The molecule has 47 heavy (non-hydrogen) atoms. The average Bonchev–Trinajstić information content (AvgIpc) is 3.38. The van der Waals surface area contributed by atoms with Crippen molar-refractivity contribution < 1.29 is 18.0 Å². The Morgan fingerprint density at radius 1 is 1.04 bits per heavy atom. The van der Waals surface area contributed by atoms with Gasteiger partial charge in [-0.05, 0) is 75.6 Å². The van der Waals surface area contributed by atoms with E-state index in [1.54, 1.807) is 44.3 Å². The molecule has 0 radical (unpaired) electrons. The number of nitrogens with zero attached hydrogens (tertiary/aromatic N) is 6. The summed E-state index contributed by atoms with van der Waals surface area (Å²) < 4.78 is 41.9. The Labute approximate surface area is 274 Å². The molecule has 0 unspecified atom stereocenters. The molecule has 2 aromatic heterocycles. The number of fused-ring (bicyclic) bond motifs is 1. The maximum Gasteiger partial charge on any atom is 0.406 e. The summed E-state index contributed by atoms with van der Waals surface area (Å²) in [5.41, 5.74) is 2.40. The van der Waals surface area contributed by atoms with Crippen molar-refractivity contribution in [1.29, 1.82) is 5.26 Å². The zero-order valence-electron chi connectivity index (χ0n) is 27.3. The minimum atomic E-state index is -4.40. The Balaban J connectivity index is 1.17. The number of likely N-dealkylation sites (N-methyl/N-ethyl adjacent to an activating group) is 1. The lowest BCUT2D eigenvalue weighted by Gasteiger charge is -2.36. The van der Waals surface area contributed by atoms with Crippen molar-refractivity contribution in [3.8, 4) is 17.9 Å². The summed E-state index contributed by atoms with van der Waals surface area (Å²) in [4.78, 5) is 23.6. The van der Waals surface area contributed by atoms with Gasteiger partial charge in [0.25, 0.3) is 0 Å². The zero-order valence-corrected chi connectivity index (χ0v) is 27.3. The Bertz CT molecular complexity index is 1630. The van der Waals surface area contributed by atoms with Crippen molar-refractivity contribution in [2.75, 3.05) is 64.7 Å². The number of amides is 1. The third-order valence-electron chi connectivity index (χ3n) is 8.98. The van der Waals surface area contributed by atoms with E-state index in [9.17, 15) is 23.2 Å². The van der Waals surface area contributed by atoms with Crippen molar-refractivity contribution in [3.05, 3.63) is 59.5 Å². The molecular weight excluding hydrogens is 605 g/mol. The molecule has 2 aliphatic rings. The zero-order chi connectivity index (χ0) is 33.6. The fourth-order valence-corrected chi connectivity index (χ4v) is 5.98. The van der Waals surface area contributed by atoms with E-state index in [1.165, 1.54) is 4.57 Å². The van der Waals surface area contributed by atoms with Crippen molar-refractivity contribution >= 4 is 22.5 Å². The number of anilines is 1. The topological polar surface area (TPSA) is 92.5 Å². The Hall–Kier alpha value is -4.10. The molecule has 0 bridgehead atoms. The van der Waals surface area contributed by atoms with Gasteiger partial charge in [-0.2, -0.15) is 18.4 Å². The van der Waals surface area contributed by atoms with E-state index in [4.69, 9.17) is 0 Å². The van der Waals surface area contributed by atoms with Crippen LogP contribution in [0.5, 0.6) is 0 Å². The summed E-state index contributed by atoms with van der Waals surface area (Å²) in [6.07, 6.45) is -1.05. The lowest BCUT2D eigenvalue weighted by atomic mass is 9.91. The highest BCUT2D eigenvalue weighted by molar-refractivity contribution is 5.83. The minimum Gasteiger partial charge on any atom is -0.373 e. The summed E-state index contributed by atoms with van der Waals surface area (Å²) in [6.45, 7) is 9.01. The van der Waals surface area contributed by atoms with Gasteiger partial charge in [0.15, 0.2) is 0 Å². The highest BCUT2D eigenvalue weighted by Crippen LogP contribution is 2.27. The van der Waals surface area contributed by atoms with Gasteiger partial charge in [-0.1, -0.05) is 12.0 Å². The number of carbonyl (C=O) groups is 1. The Morgan fingerprint density at radius 3 is 2.45 bits per heavy atom. The van der Waals surface area contributed by atoms with Gasteiger partial charge in [-0.15, -0.1) is 0 Å². The van der Waals surface area contributed by atoms with E-state index in [0.29, 0.717) is 41.1 Å². The van der Waals surface area contributed by atoms with Gasteiger partial charge in [-0.3, -0.25) is 14.7 Å². The summed E-state index contributed by atoms with van der Waals surface area (Å²) >= 11 is 0. The van der Waals surface area contributed by atoms with Gasteiger partial charge in [-0.25, -0.2) is 0 Å². The third-order valence-corrected chi connectivity index (χ3v) is 8.98. The molecule has 12 heteroatoms. The Morgan fingerprint density at radius 2 is 1.79 bits per heavy atom. The molecule has 3 aromatic rings. The first-order valence-electron chi connectivity index (χ1n) is 16.1. The molecule has 2 saturated heterocycles. The third kappa shape index (κ3) is 9.25. The summed E-state index contributed by atoms with van der Waals surface area (Å²) in [7, 11) is 2.10. The number of nitrogens with one attached hydrogen (secondary N) is 2. The number of carbonyl (C=O) groups excluding carboxylic acids is 1. The van der Waals surface area contributed by atoms with Crippen LogP contribution in [-0.4, -0.2) is 102 Å². The molecule has 0 spiro atoms. The van der Waals surface area contributed by atoms with E-state index < -0.39 is 18.1 Å². The van der Waals surface area contributed by atoms with E-state index in [0.717, 1.165) is 57.7 Å². The lowest BCUT2D eigenvalue weighted by molar-refractivity contribution is -0.140. The van der Waals surface area contributed by atoms with Gasteiger partial charge >= 0.3 is 6.18 Å². The first-order valence-corrected chi connectivity index (χ1v) is 16.1. The molecule has 0 aliphatic carbocycles. The second-order valence-corrected chi connectivity index (χ2v) is 13.1. The molecule has 0 atom stereocenters. The number of likely N-dealkylation sites (tertiary alicyclic amines) is 1. The van der Waals surface area contributed by atoms with Crippen LogP contribution in [0.3, 0.4) is 0 Å². The average molecular weight is 649 g/mol. The molecule has 0 saturated carbocycles. The second kappa shape index (κ2) is 14.8. The van der Waals surface area contributed by atoms with Crippen LogP contribution < -0.4 is 10.6 Å². The van der Waals surface area contributed by atoms with Crippen LogP contribution in [0.4, 0.5) is 18.9 Å². The number of nitriles is 1. The predicted octanol–water partition coefficient (Wildman–Crippen LogP) is 4.19. The standard InChI is InChI=1S/C35H43F3N8O/c1-34(2,24-39)32-9-7-29(22-42-32)40-12-4-5-30-20-27-19-26(6-8-31(27)46(30)25-35(36,37)38)21-41-28-10-13-45(14-11-28)33(47)23-44-17-15-43(3)16-18-44/h6-9,19-20,22,28,40-41H,10-18,21,23,25H2,1-3H3. The van der Waals surface area contributed by atoms with Crippen LogP contribution in [0.1, 0.15) is 43.6 Å². The second-order valence-electron chi connectivity index (χ2n) is 13.1. The van der Waals surface area contributed by atoms with Crippen molar-refractivity contribution in [3.63, 3.8) is 0 Å². The number of rotatable bonds is 9. The molecule has 2 fully saturated rings. The van der Waals surface area contributed by atoms with Gasteiger partial charge in [0.1, 0.15) is 6.54 Å². The molecule has 250 valence electrons. The fourth-order valence-electron chi connectivity index (χ4n) is 5.98. The van der Waals surface area contributed by atoms with Crippen LogP contribution in [0.2, 0.25) is 0 Å². The maximum atomic E-state index is 13.5. The number of pyridine rings is 1. The number of halogens is 3. The molecule has 4 heterocycles. The fraction of sp³-hybridized carbons (Fsp3) is 0.514. The monoisotopic (exact) mass is 648 g/mol. The normalized spacial score (nSPS) is 16.9. The van der Waals surface area contributed by atoms with Gasteiger partial charge in [0.05, 0.1) is 47.8 Å². The Kier molecular flexibility index (Phi) is 10.8. The van der Waals surface area contributed by atoms with E-state index >= 15 is 0 Å². The van der Waals surface area contributed by atoms with Gasteiger partial charge in [0, 0.05) is 62.8 Å². The highest BCUT2D eigenvalue weighted by Gasteiger charge is 2.30. The largest absolute Gasteiger partial charge is 0.406 e. The quantitative estimate of drug-likeness (QED) is 0.337. The van der Waals surface area contributed by atoms with Crippen molar-refractivity contribution in [2.24, 2.45) is 0 Å². The number of hydrogen-bond acceptors (Lipinski definition) is 7. The molecule has 2 N–H and O–H groups in total. The summed E-state index contributed by atoms with van der Waals surface area (Å²) in [6, 6.07) is 13.3. The van der Waals surface area contributed by atoms with Crippen LogP contribution in [0, 0.1) is 23.2 Å². The molecule has 5 rings (SSSR count). The maximum absolute atomic E-state index is 13.5. The SMILES string of the molecule is CN1CCN(CC(=O)N2CCC(NCc3ccc4c(c3)cc(C#CCNc3ccc(C(C)(C)C#N)nc3)n4CC(F)(F)F)CC2)CC1. The minimum absolute atomic E-state index is 0.198. The molecular formula is C35H43F3N8O. The molecule has 1 amide bonds.